The molecule has 47 heavy (non-hydrogen) atoms. The molecule has 0 spiro atoms. The van der Waals surface area contributed by atoms with E-state index < -0.39 is 0 Å². The molecule has 2 aromatic rings. The molecule has 1 aliphatic heterocycles. The van der Waals surface area contributed by atoms with Crippen LogP contribution in [0.5, 0.6) is 11.5 Å². The average molecular weight is 650 g/mol. The topological polar surface area (TPSA) is 80.8 Å². The van der Waals surface area contributed by atoms with E-state index in [-0.39, 0.29) is 53.1 Å². The van der Waals surface area contributed by atoms with Crippen LogP contribution in [0.3, 0.4) is 0 Å². The molecule has 5 rings (SSSR count). The largest absolute Gasteiger partial charge is 0.457 e. The molecule has 262 valence electrons. The van der Waals surface area contributed by atoms with Gasteiger partial charge in [0.2, 0.25) is 11.8 Å². The van der Waals surface area contributed by atoms with Crippen molar-refractivity contribution in [2.45, 2.75) is 128 Å². The molecule has 6 heteroatoms. The van der Waals surface area contributed by atoms with Crippen molar-refractivity contribution in [3.63, 3.8) is 0 Å². The van der Waals surface area contributed by atoms with Crippen molar-refractivity contribution in [1.29, 1.82) is 0 Å². The van der Waals surface area contributed by atoms with E-state index in [1.54, 1.807) is 13.8 Å². The summed E-state index contributed by atoms with van der Waals surface area (Å²) in [6.07, 6.45) is 4.98. The van der Waals surface area contributed by atoms with Gasteiger partial charge in [-0.1, -0.05) is 76.9 Å². The minimum absolute atomic E-state index is 0.000222. The van der Waals surface area contributed by atoms with Gasteiger partial charge in [0, 0.05) is 17.9 Å². The highest BCUT2D eigenvalue weighted by Gasteiger charge is 2.52. The second-order valence-corrected chi connectivity index (χ2v) is 12.7. The smallest absolute Gasteiger partial charge is 0.233 e. The van der Waals surface area contributed by atoms with Gasteiger partial charge in [-0.2, -0.15) is 0 Å². The fourth-order valence-electron chi connectivity index (χ4n) is 7.09. The summed E-state index contributed by atoms with van der Waals surface area (Å²) < 4.78 is 5.69. The van der Waals surface area contributed by atoms with Gasteiger partial charge in [0.1, 0.15) is 23.1 Å². The van der Waals surface area contributed by atoms with Crippen LogP contribution in [0.2, 0.25) is 0 Å². The first kappa shape index (κ1) is 41.7. The highest BCUT2D eigenvalue weighted by atomic mass is 16.5. The summed E-state index contributed by atoms with van der Waals surface area (Å²) in [6, 6.07) is 16.0. The molecule has 3 fully saturated rings. The molecule has 6 nitrogen and oxygen atoms in total. The van der Waals surface area contributed by atoms with Crippen molar-refractivity contribution in [2.24, 2.45) is 35.5 Å². The Kier molecular flexibility index (Phi) is 18.5. The summed E-state index contributed by atoms with van der Waals surface area (Å²) in [5.41, 5.74) is 2.48. The Balaban J connectivity index is 0.000000446. The van der Waals surface area contributed by atoms with E-state index in [0.29, 0.717) is 11.8 Å². The number of nitrogens with zero attached hydrogens (tertiary/aromatic N) is 1. The van der Waals surface area contributed by atoms with E-state index in [1.165, 1.54) is 16.0 Å². The summed E-state index contributed by atoms with van der Waals surface area (Å²) in [5.74, 6) is 2.15. The highest BCUT2D eigenvalue weighted by molar-refractivity contribution is 6.05. The van der Waals surface area contributed by atoms with E-state index in [9.17, 15) is 19.2 Å². The van der Waals surface area contributed by atoms with Crippen LogP contribution in [0, 0.1) is 49.4 Å². The first-order valence-electron chi connectivity index (χ1n) is 18.1. The Hall–Kier alpha value is -3.28. The number of carbonyl (C=O) groups excluding carboxylic acids is 4. The number of benzene rings is 2. The molecule has 2 saturated carbocycles. The van der Waals surface area contributed by atoms with Gasteiger partial charge >= 0.3 is 0 Å². The lowest BCUT2D eigenvalue weighted by Crippen LogP contribution is -2.38. The number of rotatable bonds is 6. The zero-order valence-corrected chi connectivity index (χ0v) is 31.4. The molecule has 3 aliphatic rings. The molecule has 0 radical (unpaired) electrons. The summed E-state index contributed by atoms with van der Waals surface area (Å²) in [7, 11) is 0. The van der Waals surface area contributed by atoms with Crippen LogP contribution in [0.1, 0.15) is 119 Å². The fraction of sp³-hybridized carbons (Fsp3) is 0.610. The third kappa shape index (κ3) is 11.4. The Bertz CT molecular complexity index is 1210. The van der Waals surface area contributed by atoms with Gasteiger partial charge in [-0.05, 0) is 116 Å². The maximum atomic E-state index is 12.7. The molecule has 2 aliphatic carbocycles. The maximum absolute atomic E-state index is 12.7. The Morgan fingerprint density at radius 3 is 1.45 bits per heavy atom. The van der Waals surface area contributed by atoms with Crippen molar-refractivity contribution in [2.75, 3.05) is 0 Å². The highest BCUT2D eigenvalue weighted by Crippen LogP contribution is 2.48. The third-order valence-corrected chi connectivity index (χ3v) is 9.40. The molecule has 6 atom stereocenters. The van der Waals surface area contributed by atoms with Crippen LogP contribution in [0.15, 0.2) is 48.5 Å². The zero-order valence-electron chi connectivity index (χ0n) is 31.4. The number of ketones is 2. The van der Waals surface area contributed by atoms with Crippen molar-refractivity contribution in [3.8, 4) is 11.5 Å². The van der Waals surface area contributed by atoms with E-state index in [4.69, 9.17) is 4.74 Å². The predicted molar refractivity (Wildman–Crippen MR) is 193 cm³/mol. The molecular weight excluding hydrogens is 586 g/mol. The molecular formula is C41H63NO5. The maximum Gasteiger partial charge on any atom is 0.233 e. The fourth-order valence-corrected chi connectivity index (χ4v) is 7.09. The number of fused-ring (bicyclic) bond motifs is 1. The minimum Gasteiger partial charge on any atom is -0.457 e. The van der Waals surface area contributed by atoms with Crippen LogP contribution in [0.4, 0.5) is 0 Å². The van der Waals surface area contributed by atoms with Gasteiger partial charge in [-0.25, -0.2) is 0 Å². The number of carbonyl (C=O) groups is 4. The number of hydrogen-bond acceptors (Lipinski definition) is 5. The van der Waals surface area contributed by atoms with Crippen LogP contribution in [0.25, 0.3) is 0 Å². The van der Waals surface area contributed by atoms with Crippen molar-refractivity contribution >= 4 is 23.4 Å². The van der Waals surface area contributed by atoms with E-state index in [1.807, 2.05) is 104 Å². The quantitative estimate of drug-likeness (QED) is 0.291. The molecule has 1 saturated heterocycles. The Morgan fingerprint density at radius 2 is 1.02 bits per heavy atom. The van der Waals surface area contributed by atoms with Crippen LogP contribution in [-0.2, 0) is 19.2 Å². The second kappa shape index (κ2) is 20.8. The average Bonchev–Trinajstić information content (AvgIpc) is 3.34. The number of likely N-dealkylation sites (tertiary alicyclic amines) is 1. The van der Waals surface area contributed by atoms with Gasteiger partial charge in [-0.15, -0.1) is 0 Å². The molecule has 2 aromatic carbocycles. The van der Waals surface area contributed by atoms with Gasteiger partial charge in [0.15, 0.2) is 0 Å². The number of aryl methyl sites for hydroxylation is 2. The van der Waals surface area contributed by atoms with Crippen LogP contribution in [-0.4, -0.2) is 34.3 Å². The second-order valence-electron chi connectivity index (χ2n) is 12.7. The van der Waals surface area contributed by atoms with Crippen molar-refractivity contribution in [1.82, 2.24) is 4.90 Å². The molecule has 0 bridgehead atoms. The van der Waals surface area contributed by atoms with Crippen LogP contribution >= 0.6 is 0 Å². The van der Waals surface area contributed by atoms with E-state index in [2.05, 4.69) is 13.8 Å². The number of Topliss-reactive ketones (excluding diaryl/α,β-unsaturated/α-hetero) is 2. The summed E-state index contributed by atoms with van der Waals surface area (Å²) >= 11 is 0. The lowest BCUT2D eigenvalue weighted by atomic mass is 9.62. The number of ether oxygens (including phenoxy) is 1. The molecule has 2 amide bonds. The summed E-state index contributed by atoms with van der Waals surface area (Å²) in [6.45, 7) is 23.1. The Morgan fingerprint density at radius 1 is 0.617 bits per heavy atom. The van der Waals surface area contributed by atoms with E-state index in [0.717, 1.165) is 50.0 Å². The number of hydrogen-bond donors (Lipinski definition) is 0. The minimum atomic E-state index is -0.176. The van der Waals surface area contributed by atoms with Crippen LogP contribution < -0.4 is 4.74 Å². The normalized spacial score (nSPS) is 24.5. The zero-order chi connectivity index (χ0) is 35.8. The summed E-state index contributed by atoms with van der Waals surface area (Å²) in [5, 5.41) is 0. The van der Waals surface area contributed by atoms with Gasteiger partial charge in [-0.3, -0.25) is 24.1 Å². The number of imide groups is 1. The SMILES string of the molecule is CC.CC.CC.CC(=O)C1CCC(C2CCC3C(=O)N(C(C)C)C(=O)C3C2)CC1C(C)=O.Cc1ccc(Oc2ccc(C)cc2)cc1. The van der Waals surface area contributed by atoms with Gasteiger partial charge in [0.25, 0.3) is 0 Å². The molecule has 6 unspecified atom stereocenters. The molecule has 1 heterocycles. The molecule has 0 aromatic heterocycles. The van der Waals surface area contributed by atoms with Crippen molar-refractivity contribution < 1.29 is 23.9 Å². The summed E-state index contributed by atoms with van der Waals surface area (Å²) in [4.78, 5) is 50.7. The standard InChI is InChI=1S/C21H31NO4.C14H14O.3C2H6/c1-11(2)22-20(25)17-8-6-15(10-19(17)21(22)26)14-5-7-16(12(3)23)18(9-14)13(4)24;1-11-3-7-13(8-4-11)15-14-9-5-12(2)6-10-14;3*1-2/h11,14-19H,5-10H2,1-4H3;3-10H,1-2H3;3*1-2H3. The third-order valence-electron chi connectivity index (χ3n) is 9.40. The van der Waals surface area contributed by atoms with E-state index >= 15 is 0 Å². The first-order chi connectivity index (χ1) is 22.5. The van der Waals surface area contributed by atoms with Gasteiger partial charge in [0.05, 0.1) is 11.8 Å². The monoisotopic (exact) mass is 649 g/mol. The lowest BCUT2D eigenvalue weighted by molar-refractivity contribution is -0.141. The first-order valence-corrected chi connectivity index (χ1v) is 18.1. The lowest BCUT2D eigenvalue weighted by Gasteiger charge is -2.40. The number of amides is 2. The predicted octanol–water partition coefficient (Wildman–Crippen LogP) is 10.2. The Labute approximate surface area is 286 Å². The molecule has 0 N–H and O–H groups in total. The van der Waals surface area contributed by atoms with Crippen molar-refractivity contribution in [3.05, 3.63) is 59.7 Å². The van der Waals surface area contributed by atoms with Gasteiger partial charge < -0.3 is 4.74 Å².